The Kier molecular flexibility index (Phi) is 6.63. The van der Waals surface area contributed by atoms with Crippen LogP contribution in [0.1, 0.15) is 23.0 Å². The van der Waals surface area contributed by atoms with E-state index in [0.717, 1.165) is 5.69 Å². The van der Waals surface area contributed by atoms with Gasteiger partial charge in [0.25, 0.3) is 5.91 Å². The number of aromatic nitrogens is 1. The van der Waals surface area contributed by atoms with E-state index in [9.17, 15) is 9.59 Å². The molecule has 0 saturated carbocycles. The van der Waals surface area contributed by atoms with Crippen LogP contribution in [0.15, 0.2) is 42.6 Å². The summed E-state index contributed by atoms with van der Waals surface area (Å²) >= 11 is 7.62. The molecule has 126 valence electrons. The summed E-state index contributed by atoms with van der Waals surface area (Å²) in [5, 5.41) is 5.66. The molecule has 1 aromatic carbocycles. The number of nitrogens with one attached hydrogen (secondary N) is 2. The smallest absolute Gasteiger partial charge is 0.253 e. The summed E-state index contributed by atoms with van der Waals surface area (Å²) < 4.78 is 0. The van der Waals surface area contributed by atoms with Gasteiger partial charge in [0.1, 0.15) is 0 Å². The van der Waals surface area contributed by atoms with Crippen LogP contribution in [0.4, 0.5) is 5.69 Å². The summed E-state index contributed by atoms with van der Waals surface area (Å²) in [7, 11) is 0. The minimum Gasteiger partial charge on any atom is -0.346 e. The van der Waals surface area contributed by atoms with E-state index in [4.69, 9.17) is 11.6 Å². The molecule has 7 heteroatoms. The van der Waals surface area contributed by atoms with Crippen LogP contribution in [0.25, 0.3) is 0 Å². The van der Waals surface area contributed by atoms with Crippen molar-refractivity contribution in [2.24, 2.45) is 0 Å². The topological polar surface area (TPSA) is 71.1 Å². The molecular formula is C17H18ClN3O2S. The van der Waals surface area contributed by atoms with Crippen molar-refractivity contribution in [3.8, 4) is 0 Å². The van der Waals surface area contributed by atoms with Gasteiger partial charge in [-0.25, -0.2) is 0 Å². The Balaban J connectivity index is 2.01. The molecule has 2 amide bonds. The molecule has 1 aromatic heterocycles. The Hall–Kier alpha value is -2.05. The lowest BCUT2D eigenvalue weighted by Gasteiger charge is -2.11. The maximum atomic E-state index is 12.2. The first-order valence-corrected chi connectivity index (χ1v) is 8.99. The van der Waals surface area contributed by atoms with Gasteiger partial charge in [-0.3, -0.25) is 14.6 Å². The van der Waals surface area contributed by atoms with Gasteiger partial charge in [0.2, 0.25) is 5.91 Å². The largest absolute Gasteiger partial charge is 0.346 e. The normalized spacial score (nSPS) is 11.6. The molecule has 2 rings (SSSR count). The van der Waals surface area contributed by atoms with Crippen molar-refractivity contribution in [1.82, 2.24) is 10.3 Å². The molecule has 24 heavy (non-hydrogen) atoms. The molecule has 0 radical (unpaired) electrons. The molecule has 1 unspecified atom stereocenters. The zero-order chi connectivity index (χ0) is 17.5. The monoisotopic (exact) mass is 363 g/mol. The van der Waals surface area contributed by atoms with E-state index in [0.29, 0.717) is 17.8 Å². The van der Waals surface area contributed by atoms with E-state index in [-0.39, 0.29) is 22.1 Å². The number of anilines is 1. The molecule has 0 saturated heterocycles. The zero-order valence-corrected chi connectivity index (χ0v) is 14.9. The van der Waals surface area contributed by atoms with Gasteiger partial charge in [-0.15, -0.1) is 0 Å². The highest BCUT2D eigenvalue weighted by Gasteiger charge is 2.14. The Labute approximate surface area is 150 Å². The summed E-state index contributed by atoms with van der Waals surface area (Å²) in [5.74, 6) is -0.396. The third kappa shape index (κ3) is 4.97. The maximum Gasteiger partial charge on any atom is 0.253 e. The minimum absolute atomic E-state index is 0.106. The van der Waals surface area contributed by atoms with Gasteiger partial charge in [0.15, 0.2) is 0 Å². The van der Waals surface area contributed by atoms with Crippen LogP contribution in [0, 0.1) is 0 Å². The van der Waals surface area contributed by atoms with E-state index in [2.05, 4.69) is 15.6 Å². The second-order valence-corrected chi connectivity index (χ2v) is 6.65. The first kappa shape index (κ1) is 18.3. The lowest BCUT2D eigenvalue weighted by atomic mass is 10.2. The second-order valence-electron chi connectivity index (χ2n) is 5.07. The zero-order valence-electron chi connectivity index (χ0n) is 13.4. The summed E-state index contributed by atoms with van der Waals surface area (Å²) in [6, 6.07) is 10.3. The molecule has 1 atom stereocenters. The molecule has 0 aliphatic carbocycles. The minimum atomic E-state index is -0.291. The molecule has 0 bridgehead atoms. The second kappa shape index (κ2) is 8.70. The summed E-state index contributed by atoms with van der Waals surface area (Å²) in [4.78, 5) is 28.2. The molecular weight excluding hydrogens is 346 g/mol. The quantitative estimate of drug-likeness (QED) is 0.825. The number of benzene rings is 1. The number of halogens is 1. The van der Waals surface area contributed by atoms with Gasteiger partial charge in [0.05, 0.1) is 28.1 Å². The third-order valence-electron chi connectivity index (χ3n) is 3.36. The van der Waals surface area contributed by atoms with Crippen LogP contribution >= 0.6 is 23.4 Å². The van der Waals surface area contributed by atoms with Crippen LogP contribution < -0.4 is 10.6 Å². The molecule has 2 aromatic rings. The van der Waals surface area contributed by atoms with Crippen LogP contribution in [0.3, 0.4) is 0 Å². The highest BCUT2D eigenvalue weighted by Crippen LogP contribution is 2.22. The molecule has 2 N–H and O–H groups in total. The van der Waals surface area contributed by atoms with Crippen LogP contribution in [-0.2, 0) is 11.3 Å². The first-order valence-electron chi connectivity index (χ1n) is 7.32. The van der Waals surface area contributed by atoms with Gasteiger partial charge in [-0.1, -0.05) is 17.7 Å². The predicted octanol–water partition coefficient (Wildman–Crippen LogP) is 3.36. The number of hydrogen-bond acceptors (Lipinski definition) is 4. The van der Waals surface area contributed by atoms with E-state index in [1.54, 1.807) is 24.4 Å². The van der Waals surface area contributed by atoms with Crippen molar-refractivity contribution in [2.45, 2.75) is 18.7 Å². The van der Waals surface area contributed by atoms with Crippen molar-refractivity contribution in [2.75, 3.05) is 11.6 Å². The van der Waals surface area contributed by atoms with Crippen LogP contribution in [-0.4, -0.2) is 28.3 Å². The van der Waals surface area contributed by atoms with Gasteiger partial charge in [-0.05, 0) is 43.5 Å². The first-order chi connectivity index (χ1) is 11.5. The molecule has 0 aliphatic rings. The Morgan fingerprint density at radius 2 is 2.08 bits per heavy atom. The SMILES string of the molecule is CSC(C)C(=O)Nc1ccc(C(=O)NCc2ccccn2)c(Cl)c1. The van der Waals surface area contributed by atoms with Gasteiger partial charge in [0, 0.05) is 11.9 Å². The number of carbonyl (C=O) groups excluding carboxylic acids is 2. The highest BCUT2D eigenvalue weighted by atomic mass is 35.5. The van der Waals surface area contributed by atoms with Gasteiger partial charge in [-0.2, -0.15) is 11.8 Å². The van der Waals surface area contributed by atoms with Crippen LogP contribution in [0.5, 0.6) is 0 Å². The number of thioether (sulfide) groups is 1. The van der Waals surface area contributed by atoms with Gasteiger partial charge < -0.3 is 10.6 Å². The van der Waals surface area contributed by atoms with Crippen molar-refractivity contribution in [1.29, 1.82) is 0 Å². The number of hydrogen-bond donors (Lipinski definition) is 2. The molecule has 1 heterocycles. The number of nitrogens with zero attached hydrogens (tertiary/aromatic N) is 1. The fourth-order valence-electron chi connectivity index (χ4n) is 1.90. The Bertz CT molecular complexity index is 725. The predicted molar refractivity (Wildman–Crippen MR) is 98.5 cm³/mol. The number of pyridine rings is 1. The number of rotatable bonds is 6. The van der Waals surface area contributed by atoms with Crippen molar-refractivity contribution in [3.05, 3.63) is 58.9 Å². The lowest BCUT2D eigenvalue weighted by molar-refractivity contribution is -0.115. The molecule has 0 spiro atoms. The molecule has 0 aliphatic heterocycles. The lowest BCUT2D eigenvalue weighted by Crippen LogP contribution is -2.24. The Morgan fingerprint density at radius 3 is 2.71 bits per heavy atom. The average Bonchev–Trinajstić information content (AvgIpc) is 2.60. The number of carbonyl (C=O) groups is 2. The average molecular weight is 364 g/mol. The van der Waals surface area contributed by atoms with Gasteiger partial charge >= 0.3 is 0 Å². The summed E-state index contributed by atoms with van der Waals surface area (Å²) in [6.45, 7) is 2.14. The third-order valence-corrected chi connectivity index (χ3v) is 4.59. The maximum absolute atomic E-state index is 12.2. The number of amides is 2. The van der Waals surface area contributed by atoms with Crippen molar-refractivity contribution >= 4 is 40.9 Å². The fourth-order valence-corrected chi connectivity index (χ4v) is 2.44. The highest BCUT2D eigenvalue weighted by molar-refractivity contribution is 7.99. The summed E-state index contributed by atoms with van der Waals surface area (Å²) in [5.41, 5.74) is 1.67. The summed E-state index contributed by atoms with van der Waals surface area (Å²) in [6.07, 6.45) is 3.54. The van der Waals surface area contributed by atoms with E-state index >= 15 is 0 Å². The van der Waals surface area contributed by atoms with E-state index in [1.165, 1.54) is 11.8 Å². The molecule has 5 nitrogen and oxygen atoms in total. The van der Waals surface area contributed by atoms with E-state index in [1.807, 2.05) is 31.4 Å². The van der Waals surface area contributed by atoms with Crippen LogP contribution in [0.2, 0.25) is 5.02 Å². The fraction of sp³-hybridized carbons (Fsp3) is 0.235. The standard InChI is InChI=1S/C17H18ClN3O2S/c1-11(24-2)16(22)21-12-6-7-14(15(18)9-12)17(23)20-10-13-5-3-4-8-19-13/h3-9,11H,10H2,1-2H3,(H,20,23)(H,21,22). The van der Waals surface area contributed by atoms with Crippen molar-refractivity contribution in [3.63, 3.8) is 0 Å². The van der Waals surface area contributed by atoms with Crippen molar-refractivity contribution < 1.29 is 9.59 Å². The van der Waals surface area contributed by atoms with E-state index < -0.39 is 0 Å². The molecule has 0 fully saturated rings. The Morgan fingerprint density at radius 1 is 1.29 bits per heavy atom.